The van der Waals surface area contributed by atoms with Gasteiger partial charge in [-0.3, -0.25) is 9.59 Å². The van der Waals surface area contributed by atoms with Crippen molar-refractivity contribution < 1.29 is 14.3 Å². The SMILES string of the molecule is O=C(C1CCN(C(=O)C2CCC2)CC1)N1CCOCC1. The Morgan fingerprint density at radius 1 is 0.750 bits per heavy atom. The predicted molar refractivity (Wildman–Crippen MR) is 74.0 cm³/mol. The van der Waals surface area contributed by atoms with Crippen LogP contribution in [0.3, 0.4) is 0 Å². The molecule has 0 radical (unpaired) electrons. The van der Waals surface area contributed by atoms with Crippen molar-refractivity contribution >= 4 is 11.8 Å². The molecule has 5 nitrogen and oxygen atoms in total. The maximum absolute atomic E-state index is 12.4. The second-order valence-corrected chi connectivity index (χ2v) is 6.17. The quantitative estimate of drug-likeness (QED) is 0.754. The molecule has 112 valence electrons. The number of carbonyl (C=O) groups is 2. The molecular weight excluding hydrogens is 256 g/mol. The van der Waals surface area contributed by atoms with Crippen LogP contribution in [-0.2, 0) is 14.3 Å². The summed E-state index contributed by atoms with van der Waals surface area (Å²) in [6.07, 6.45) is 4.97. The zero-order chi connectivity index (χ0) is 13.9. The average molecular weight is 280 g/mol. The first-order valence-electron chi connectivity index (χ1n) is 7.91. The van der Waals surface area contributed by atoms with Crippen LogP contribution in [0.15, 0.2) is 0 Å². The zero-order valence-electron chi connectivity index (χ0n) is 12.1. The summed E-state index contributed by atoms with van der Waals surface area (Å²) in [6.45, 7) is 4.28. The second kappa shape index (κ2) is 6.12. The third kappa shape index (κ3) is 2.82. The summed E-state index contributed by atoms with van der Waals surface area (Å²) in [6, 6.07) is 0. The van der Waals surface area contributed by atoms with E-state index in [1.165, 1.54) is 6.42 Å². The number of morpholine rings is 1. The third-order valence-corrected chi connectivity index (χ3v) is 4.93. The molecule has 0 atom stereocenters. The van der Waals surface area contributed by atoms with Crippen molar-refractivity contribution in [2.24, 2.45) is 11.8 Å². The van der Waals surface area contributed by atoms with E-state index in [2.05, 4.69) is 0 Å². The van der Waals surface area contributed by atoms with Gasteiger partial charge < -0.3 is 14.5 Å². The van der Waals surface area contributed by atoms with Crippen LogP contribution in [0.25, 0.3) is 0 Å². The van der Waals surface area contributed by atoms with Crippen LogP contribution in [0.2, 0.25) is 0 Å². The number of ether oxygens (including phenoxy) is 1. The summed E-state index contributed by atoms with van der Waals surface area (Å²) in [5.74, 6) is 0.984. The van der Waals surface area contributed by atoms with Gasteiger partial charge in [0.15, 0.2) is 0 Å². The van der Waals surface area contributed by atoms with Crippen molar-refractivity contribution in [2.75, 3.05) is 39.4 Å². The summed E-state index contributed by atoms with van der Waals surface area (Å²) in [5, 5.41) is 0. The molecule has 2 saturated heterocycles. The molecule has 0 bridgehead atoms. The number of hydrogen-bond donors (Lipinski definition) is 0. The molecule has 2 aliphatic heterocycles. The highest BCUT2D eigenvalue weighted by Crippen LogP contribution is 2.30. The molecule has 0 N–H and O–H groups in total. The van der Waals surface area contributed by atoms with Crippen LogP contribution in [0.4, 0.5) is 0 Å². The summed E-state index contributed by atoms with van der Waals surface area (Å²) in [4.78, 5) is 28.5. The number of nitrogens with zero attached hydrogens (tertiary/aromatic N) is 2. The number of rotatable bonds is 2. The van der Waals surface area contributed by atoms with Crippen molar-refractivity contribution in [3.63, 3.8) is 0 Å². The van der Waals surface area contributed by atoms with Gasteiger partial charge in [0, 0.05) is 38.0 Å². The van der Waals surface area contributed by atoms with Crippen molar-refractivity contribution in [1.82, 2.24) is 9.80 Å². The van der Waals surface area contributed by atoms with Crippen molar-refractivity contribution in [3.05, 3.63) is 0 Å². The fraction of sp³-hybridized carbons (Fsp3) is 0.867. The van der Waals surface area contributed by atoms with E-state index < -0.39 is 0 Å². The van der Waals surface area contributed by atoms with E-state index in [1.807, 2.05) is 9.80 Å². The van der Waals surface area contributed by atoms with Gasteiger partial charge in [-0.2, -0.15) is 0 Å². The van der Waals surface area contributed by atoms with E-state index in [0.29, 0.717) is 19.1 Å². The average Bonchev–Trinajstić information content (AvgIpc) is 2.46. The van der Waals surface area contributed by atoms with E-state index in [4.69, 9.17) is 4.74 Å². The fourth-order valence-corrected chi connectivity index (χ4v) is 3.30. The van der Waals surface area contributed by atoms with Crippen molar-refractivity contribution in [1.29, 1.82) is 0 Å². The van der Waals surface area contributed by atoms with Gasteiger partial charge in [0.2, 0.25) is 11.8 Å². The lowest BCUT2D eigenvalue weighted by molar-refractivity contribution is -0.146. The van der Waals surface area contributed by atoms with Crippen molar-refractivity contribution in [3.8, 4) is 0 Å². The van der Waals surface area contributed by atoms with E-state index in [9.17, 15) is 9.59 Å². The van der Waals surface area contributed by atoms with E-state index in [0.717, 1.165) is 51.9 Å². The van der Waals surface area contributed by atoms with Crippen LogP contribution in [0.5, 0.6) is 0 Å². The smallest absolute Gasteiger partial charge is 0.225 e. The van der Waals surface area contributed by atoms with E-state index in [-0.39, 0.29) is 17.7 Å². The maximum atomic E-state index is 12.4. The molecule has 3 aliphatic rings. The number of likely N-dealkylation sites (tertiary alicyclic amines) is 1. The molecule has 3 fully saturated rings. The minimum absolute atomic E-state index is 0.110. The molecule has 0 aromatic heterocycles. The molecule has 1 saturated carbocycles. The minimum atomic E-state index is 0.110. The topological polar surface area (TPSA) is 49.9 Å². The monoisotopic (exact) mass is 280 g/mol. The van der Waals surface area contributed by atoms with E-state index in [1.54, 1.807) is 0 Å². The van der Waals surface area contributed by atoms with Crippen LogP contribution >= 0.6 is 0 Å². The highest BCUT2D eigenvalue weighted by atomic mass is 16.5. The van der Waals surface area contributed by atoms with Crippen LogP contribution < -0.4 is 0 Å². The second-order valence-electron chi connectivity index (χ2n) is 6.17. The zero-order valence-corrected chi connectivity index (χ0v) is 12.1. The van der Waals surface area contributed by atoms with Gasteiger partial charge in [0.05, 0.1) is 13.2 Å². The summed E-state index contributed by atoms with van der Waals surface area (Å²) < 4.78 is 5.28. The van der Waals surface area contributed by atoms with Gasteiger partial charge in [0.1, 0.15) is 0 Å². The Bertz CT molecular complexity index is 367. The number of carbonyl (C=O) groups excluding carboxylic acids is 2. The van der Waals surface area contributed by atoms with Crippen LogP contribution in [0, 0.1) is 11.8 Å². The molecule has 3 rings (SSSR count). The lowest BCUT2D eigenvalue weighted by Crippen LogP contribution is -2.49. The number of piperidine rings is 1. The molecule has 2 heterocycles. The first-order chi connectivity index (χ1) is 9.75. The Balaban J connectivity index is 1.47. The third-order valence-electron chi connectivity index (χ3n) is 4.93. The molecule has 2 amide bonds. The molecular formula is C15H24N2O3. The van der Waals surface area contributed by atoms with Gasteiger partial charge in [-0.25, -0.2) is 0 Å². The van der Waals surface area contributed by atoms with Gasteiger partial charge in [-0.15, -0.1) is 0 Å². The maximum Gasteiger partial charge on any atom is 0.225 e. The van der Waals surface area contributed by atoms with E-state index >= 15 is 0 Å². The molecule has 20 heavy (non-hydrogen) atoms. The molecule has 0 aromatic rings. The number of hydrogen-bond acceptors (Lipinski definition) is 3. The standard InChI is InChI=1S/C15H24N2O3/c18-14(12-2-1-3-12)16-6-4-13(5-7-16)15(19)17-8-10-20-11-9-17/h12-13H,1-11H2. The highest BCUT2D eigenvalue weighted by molar-refractivity contribution is 5.81. The summed E-state index contributed by atoms with van der Waals surface area (Å²) in [7, 11) is 0. The summed E-state index contributed by atoms with van der Waals surface area (Å²) >= 11 is 0. The summed E-state index contributed by atoms with van der Waals surface area (Å²) in [5.41, 5.74) is 0. The predicted octanol–water partition coefficient (Wildman–Crippen LogP) is 0.884. The van der Waals surface area contributed by atoms with Crippen LogP contribution in [-0.4, -0.2) is 61.0 Å². The van der Waals surface area contributed by atoms with Gasteiger partial charge in [0.25, 0.3) is 0 Å². The molecule has 5 heteroatoms. The minimum Gasteiger partial charge on any atom is -0.378 e. The Hall–Kier alpha value is -1.10. The Kier molecular flexibility index (Phi) is 4.24. The van der Waals surface area contributed by atoms with Crippen molar-refractivity contribution in [2.45, 2.75) is 32.1 Å². The largest absolute Gasteiger partial charge is 0.378 e. The first kappa shape index (κ1) is 13.9. The lowest BCUT2D eigenvalue weighted by Gasteiger charge is -2.38. The lowest BCUT2D eigenvalue weighted by atomic mass is 9.83. The molecule has 0 unspecified atom stereocenters. The molecule has 0 aromatic carbocycles. The Morgan fingerprint density at radius 3 is 1.75 bits per heavy atom. The Labute approximate surface area is 120 Å². The highest BCUT2D eigenvalue weighted by Gasteiger charge is 2.34. The molecule has 1 aliphatic carbocycles. The van der Waals surface area contributed by atoms with Gasteiger partial charge in [-0.05, 0) is 25.7 Å². The fourth-order valence-electron chi connectivity index (χ4n) is 3.30. The molecule has 0 spiro atoms. The normalized spacial score (nSPS) is 25.4. The van der Waals surface area contributed by atoms with Gasteiger partial charge in [-0.1, -0.05) is 6.42 Å². The number of amides is 2. The van der Waals surface area contributed by atoms with Crippen LogP contribution in [0.1, 0.15) is 32.1 Å². The first-order valence-corrected chi connectivity index (χ1v) is 7.91. The Morgan fingerprint density at radius 2 is 1.25 bits per heavy atom. The van der Waals surface area contributed by atoms with Gasteiger partial charge >= 0.3 is 0 Å².